The zero-order chi connectivity index (χ0) is 11.6. The largest absolute Gasteiger partial charge is 1.00 e. The van der Waals surface area contributed by atoms with Crippen LogP contribution in [0.3, 0.4) is 0 Å². The van der Waals surface area contributed by atoms with Gasteiger partial charge in [-0.05, 0) is 38.8 Å². The third kappa shape index (κ3) is 13.2. The van der Waals surface area contributed by atoms with E-state index in [9.17, 15) is 13.0 Å². The Morgan fingerprint density at radius 2 is 1.53 bits per heavy atom. The fraction of sp³-hybridized carbons (Fsp3) is 1.00. The molecule has 0 aliphatic carbocycles. The van der Waals surface area contributed by atoms with Gasteiger partial charge in [0.2, 0.25) is 0 Å². The van der Waals surface area contributed by atoms with Gasteiger partial charge in [-0.15, -0.1) is 0 Å². The van der Waals surface area contributed by atoms with Gasteiger partial charge in [-0.25, -0.2) is 8.42 Å². The average molecular weight is 278 g/mol. The van der Waals surface area contributed by atoms with Crippen molar-refractivity contribution in [3.8, 4) is 0 Å². The van der Waals surface area contributed by atoms with Crippen LogP contribution in [0.1, 0.15) is 0 Å². The van der Waals surface area contributed by atoms with Crippen LogP contribution in [0.4, 0.5) is 0 Å². The van der Waals surface area contributed by atoms with Gasteiger partial charge in [0.25, 0.3) is 0 Å². The van der Waals surface area contributed by atoms with E-state index in [1.54, 1.807) is 0 Å². The van der Waals surface area contributed by atoms with Crippen LogP contribution in [0.25, 0.3) is 0 Å². The molecule has 0 aromatic rings. The van der Waals surface area contributed by atoms with Crippen molar-refractivity contribution in [1.82, 2.24) is 0 Å². The van der Waals surface area contributed by atoms with Crippen molar-refractivity contribution in [2.24, 2.45) is 0 Å². The minimum Gasteiger partial charge on any atom is -0.748 e. The van der Waals surface area contributed by atoms with Crippen molar-refractivity contribution in [2.45, 2.75) is 38.8 Å². The maximum absolute atomic E-state index is 10.5. The van der Waals surface area contributed by atoms with Crippen molar-refractivity contribution >= 4 is 26.8 Å². The first kappa shape index (κ1) is 18.7. The Morgan fingerprint density at radius 3 is 1.80 bits per heavy atom. The second-order valence-corrected chi connectivity index (χ2v) is 15.6. The Hall–Kier alpha value is 1.30. The SMILES string of the molecule is C[Si](C)(C)O[Si](C)(C)CCS(=O)(=O)[O-].[Na+]. The van der Waals surface area contributed by atoms with Crippen molar-refractivity contribution < 1.29 is 46.6 Å². The number of hydrogen-bond donors (Lipinski definition) is 0. The van der Waals surface area contributed by atoms with Crippen LogP contribution in [0.2, 0.25) is 38.8 Å². The summed E-state index contributed by atoms with van der Waals surface area (Å²) in [5, 5.41) is 0. The molecule has 15 heavy (non-hydrogen) atoms. The van der Waals surface area contributed by atoms with Crippen LogP contribution in [0.15, 0.2) is 0 Å². The van der Waals surface area contributed by atoms with Gasteiger partial charge in [0.1, 0.15) is 0 Å². The molecule has 0 spiro atoms. The molecule has 0 amide bonds. The molecule has 0 aromatic heterocycles. The molecule has 0 aliphatic rings. The Bertz CT molecular complexity index is 284. The predicted octanol–water partition coefficient (Wildman–Crippen LogP) is -1.41. The van der Waals surface area contributed by atoms with E-state index >= 15 is 0 Å². The summed E-state index contributed by atoms with van der Waals surface area (Å²) < 4.78 is 37.3. The summed E-state index contributed by atoms with van der Waals surface area (Å²) in [6, 6.07) is 0.392. The van der Waals surface area contributed by atoms with Gasteiger partial charge < -0.3 is 8.67 Å². The van der Waals surface area contributed by atoms with Crippen LogP contribution in [-0.2, 0) is 14.2 Å². The maximum atomic E-state index is 10.5. The summed E-state index contributed by atoms with van der Waals surface area (Å²) in [7, 11) is -7.68. The van der Waals surface area contributed by atoms with E-state index in [0.29, 0.717) is 6.04 Å². The smallest absolute Gasteiger partial charge is 0.748 e. The summed E-state index contributed by atoms with van der Waals surface area (Å²) in [6.07, 6.45) is 0. The molecule has 0 bridgehead atoms. The summed E-state index contributed by atoms with van der Waals surface area (Å²) >= 11 is 0. The van der Waals surface area contributed by atoms with Gasteiger partial charge in [-0.3, -0.25) is 0 Å². The first-order valence-electron chi connectivity index (χ1n) is 4.55. The second-order valence-electron chi connectivity index (χ2n) is 4.99. The number of rotatable bonds is 5. The Balaban J connectivity index is 0. The molecule has 0 unspecified atom stereocenters. The minimum absolute atomic E-state index is 0. The van der Waals surface area contributed by atoms with Crippen LogP contribution in [-0.4, -0.2) is 35.4 Å². The molecule has 0 aromatic carbocycles. The van der Waals surface area contributed by atoms with Gasteiger partial charge in [0.05, 0.1) is 10.1 Å². The molecule has 0 fully saturated rings. The molecule has 0 atom stereocenters. The van der Waals surface area contributed by atoms with Crippen molar-refractivity contribution in [3.05, 3.63) is 0 Å². The van der Waals surface area contributed by atoms with Crippen molar-refractivity contribution in [3.63, 3.8) is 0 Å². The fourth-order valence-electron chi connectivity index (χ4n) is 1.25. The van der Waals surface area contributed by atoms with Gasteiger partial charge >= 0.3 is 29.6 Å². The van der Waals surface area contributed by atoms with Crippen LogP contribution in [0, 0.1) is 0 Å². The third-order valence-electron chi connectivity index (χ3n) is 1.54. The van der Waals surface area contributed by atoms with E-state index in [1.807, 2.05) is 13.1 Å². The molecule has 0 saturated heterocycles. The standard InChI is InChI=1S/C7H20O4SSi2.Na/c1-13(2,3)11-14(4,5)7-6-12(8,9)10;/h6-7H2,1-5H3,(H,8,9,10);/q;+1/p-1. The zero-order valence-electron chi connectivity index (χ0n) is 10.5. The normalized spacial score (nSPS) is 13.5. The molecule has 0 N–H and O–H groups in total. The maximum Gasteiger partial charge on any atom is 1.00 e. The van der Waals surface area contributed by atoms with E-state index in [0.717, 1.165) is 0 Å². The van der Waals surface area contributed by atoms with Crippen LogP contribution in [0.5, 0.6) is 0 Å². The molecule has 0 rings (SSSR count). The van der Waals surface area contributed by atoms with Crippen LogP contribution >= 0.6 is 0 Å². The first-order valence-corrected chi connectivity index (χ1v) is 12.7. The molecule has 0 radical (unpaired) electrons. The molecule has 86 valence electrons. The Kier molecular flexibility index (Phi) is 7.83. The zero-order valence-corrected chi connectivity index (χ0v) is 15.3. The summed E-state index contributed by atoms with van der Waals surface area (Å²) in [5.74, 6) is -0.295. The van der Waals surface area contributed by atoms with Crippen LogP contribution < -0.4 is 29.6 Å². The molecular formula is C7H19NaO4SSi2. The fourth-order valence-corrected chi connectivity index (χ4v) is 11.3. The second kappa shape index (κ2) is 6.29. The number of hydrogen-bond acceptors (Lipinski definition) is 4. The van der Waals surface area contributed by atoms with Gasteiger partial charge in [-0.2, -0.15) is 0 Å². The first-order chi connectivity index (χ1) is 5.91. The van der Waals surface area contributed by atoms with E-state index in [-0.39, 0.29) is 35.3 Å². The summed E-state index contributed by atoms with van der Waals surface area (Å²) in [4.78, 5) is 0. The summed E-state index contributed by atoms with van der Waals surface area (Å²) in [6.45, 7) is 10.1. The molecule has 4 nitrogen and oxygen atoms in total. The molecule has 8 heteroatoms. The molecule has 0 aliphatic heterocycles. The quantitative estimate of drug-likeness (QED) is 0.458. The predicted molar refractivity (Wildman–Crippen MR) is 61.3 cm³/mol. The monoisotopic (exact) mass is 278 g/mol. The molecular weight excluding hydrogens is 259 g/mol. The summed E-state index contributed by atoms with van der Waals surface area (Å²) in [5.41, 5.74) is 0. The van der Waals surface area contributed by atoms with Crippen molar-refractivity contribution in [1.29, 1.82) is 0 Å². The Morgan fingerprint density at radius 1 is 1.13 bits per heavy atom. The molecule has 0 heterocycles. The van der Waals surface area contributed by atoms with Crippen molar-refractivity contribution in [2.75, 3.05) is 5.75 Å². The Labute approximate surface area is 117 Å². The average Bonchev–Trinajstić information content (AvgIpc) is 1.76. The van der Waals surface area contributed by atoms with Gasteiger partial charge in [0, 0.05) is 5.75 Å². The topological polar surface area (TPSA) is 66.4 Å². The van der Waals surface area contributed by atoms with E-state index in [1.165, 1.54) is 0 Å². The third-order valence-corrected chi connectivity index (χ3v) is 8.72. The van der Waals surface area contributed by atoms with Gasteiger partial charge in [-0.1, -0.05) is 0 Å². The van der Waals surface area contributed by atoms with E-state index in [4.69, 9.17) is 4.12 Å². The van der Waals surface area contributed by atoms with Gasteiger partial charge in [0.15, 0.2) is 16.6 Å². The van der Waals surface area contributed by atoms with E-state index < -0.39 is 26.8 Å². The van der Waals surface area contributed by atoms with E-state index in [2.05, 4.69) is 19.6 Å². The molecule has 0 saturated carbocycles. The minimum atomic E-state index is -4.09.